The summed E-state index contributed by atoms with van der Waals surface area (Å²) in [5, 5.41) is 0. The molecular weight excluding hydrogens is 841 g/mol. The van der Waals surface area contributed by atoms with E-state index in [9.17, 15) is 0 Å². The van der Waals surface area contributed by atoms with Crippen LogP contribution >= 0.6 is 0 Å². The molecule has 68 heavy (non-hydrogen) atoms. The molecule has 0 unspecified atom stereocenters. The van der Waals surface area contributed by atoms with Gasteiger partial charge >= 0.3 is 0 Å². The van der Waals surface area contributed by atoms with E-state index in [1.807, 2.05) is 0 Å². The maximum Gasteiger partial charge on any atom is 0.187 e. The molecule has 9 rings (SSSR count). The molecule has 360 valence electrons. The molecule has 2 N–H and O–H groups in total. The van der Waals surface area contributed by atoms with Crippen molar-refractivity contribution in [1.82, 2.24) is 19.9 Å². The average molecular weight is 917 g/mol. The molecule has 2 fully saturated rings. The van der Waals surface area contributed by atoms with E-state index in [2.05, 4.69) is 194 Å². The van der Waals surface area contributed by atoms with Gasteiger partial charge in [0.1, 0.15) is 0 Å². The Morgan fingerprint density at radius 3 is 1.26 bits per heavy atom. The van der Waals surface area contributed by atoms with Crippen molar-refractivity contribution in [2.24, 2.45) is 10.8 Å². The van der Waals surface area contributed by atoms with Crippen LogP contribution in [-0.4, -0.2) is 46.4 Å². The summed E-state index contributed by atoms with van der Waals surface area (Å²) in [6.45, 7) is 38.6. The predicted molar refractivity (Wildman–Crippen MR) is 280 cm³/mol. The molecule has 2 aromatic carbocycles. The molecule has 0 atom stereocenters. The molecule has 7 heterocycles. The summed E-state index contributed by atoms with van der Waals surface area (Å²) in [6.07, 6.45) is 4.55. The molecule has 8 bridgehead atoms. The number of hydrogen-bond donors (Lipinski definition) is 2. The average Bonchev–Trinajstić information content (AvgIpc) is 4.08. The van der Waals surface area contributed by atoms with Gasteiger partial charge in [-0.2, -0.15) is 0 Å². The maximum absolute atomic E-state index is 6.69. The third-order valence-electron chi connectivity index (χ3n) is 14.0. The Bertz CT molecular complexity index is 2890. The molecule has 3 aromatic heterocycles. The fourth-order valence-corrected chi connectivity index (χ4v) is 9.65. The number of fused-ring (bicyclic) bond motifs is 8. The summed E-state index contributed by atoms with van der Waals surface area (Å²) >= 11 is 0. The number of aryl methyl sites for hydroxylation is 2. The summed E-state index contributed by atoms with van der Waals surface area (Å²) in [4.78, 5) is 19.2. The number of nitrogens with one attached hydrogen (secondary N) is 2. The quantitative estimate of drug-likeness (QED) is 0.183. The summed E-state index contributed by atoms with van der Waals surface area (Å²) in [6, 6.07) is 23.0. The third kappa shape index (κ3) is 9.68. The van der Waals surface area contributed by atoms with E-state index in [4.69, 9.17) is 28.9 Å². The number of H-pyrrole nitrogens is 2. The van der Waals surface area contributed by atoms with Gasteiger partial charge in [-0.25, -0.2) is 4.98 Å². The van der Waals surface area contributed by atoms with E-state index in [0.29, 0.717) is 26.4 Å². The number of aromatic amines is 2. The summed E-state index contributed by atoms with van der Waals surface area (Å²) in [5.41, 5.74) is 18.1. The summed E-state index contributed by atoms with van der Waals surface area (Å²) in [5.74, 6) is 0. The number of rotatable bonds is 4. The van der Waals surface area contributed by atoms with E-state index >= 15 is 0 Å². The Balaban J connectivity index is 1.44. The molecule has 5 aromatic rings. The van der Waals surface area contributed by atoms with Crippen LogP contribution in [0.15, 0.2) is 60.7 Å². The maximum atomic E-state index is 6.69. The van der Waals surface area contributed by atoms with Crippen LogP contribution in [0.25, 0.3) is 56.5 Å². The lowest BCUT2D eigenvalue weighted by molar-refractivity contribution is -0.226. The zero-order valence-corrected chi connectivity index (χ0v) is 43.9. The molecule has 0 aliphatic carbocycles. The van der Waals surface area contributed by atoms with Crippen molar-refractivity contribution >= 4 is 34.2 Å². The van der Waals surface area contributed by atoms with Crippen LogP contribution in [0.2, 0.25) is 0 Å². The van der Waals surface area contributed by atoms with Gasteiger partial charge in [0.2, 0.25) is 0 Å². The Morgan fingerprint density at radius 2 is 0.809 bits per heavy atom. The Kier molecular flexibility index (Phi) is 12.0. The van der Waals surface area contributed by atoms with Crippen molar-refractivity contribution in [3.63, 3.8) is 0 Å². The first-order valence-electron chi connectivity index (χ1n) is 24.9. The Labute approximate surface area is 405 Å². The molecule has 0 saturated carbocycles. The van der Waals surface area contributed by atoms with Crippen molar-refractivity contribution in [1.29, 1.82) is 0 Å². The topological polar surface area (TPSA) is 94.3 Å². The van der Waals surface area contributed by atoms with Gasteiger partial charge in [-0.3, -0.25) is 4.98 Å². The van der Waals surface area contributed by atoms with Crippen LogP contribution in [0.3, 0.4) is 0 Å². The second-order valence-corrected chi connectivity index (χ2v) is 25.7. The van der Waals surface area contributed by atoms with Gasteiger partial charge < -0.3 is 28.9 Å². The fraction of sp³-hybridized carbons (Fsp3) is 0.500. The van der Waals surface area contributed by atoms with Gasteiger partial charge in [0, 0.05) is 44.0 Å². The van der Waals surface area contributed by atoms with Crippen LogP contribution in [-0.2, 0) is 53.4 Å². The molecule has 4 aliphatic heterocycles. The summed E-state index contributed by atoms with van der Waals surface area (Å²) < 4.78 is 26.7. The zero-order valence-electron chi connectivity index (χ0n) is 43.9. The molecule has 0 spiro atoms. The second-order valence-electron chi connectivity index (χ2n) is 25.7. The Hall–Kier alpha value is -4.86. The minimum atomic E-state index is -0.630. The highest BCUT2D eigenvalue weighted by molar-refractivity contribution is 5.93. The predicted octanol–water partition coefficient (Wildman–Crippen LogP) is 14.9. The van der Waals surface area contributed by atoms with E-state index in [0.717, 1.165) is 91.1 Å². The highest BCUT2D eigenvalue weighted by atomic mass is 16.7. The van der Waals surface area contributed by atoms with Crippen molar-refractivity contribution in [2.75, 3.05) is 26.4 Å². The molecule has 2 saturated heterocycles. The van der Waals surface area contributed by atoms with Crippen LogP contribution in [0, 0.1) is 10.8 Å². The van der Waals surface area contributed by atoms with Gasteiger partial charge in [0.05, 0.1) is 60.3 Å². The second kappa shape index (κ2) is 16.9. The van der Waals surface area contributed by atoms with Crippen LogP contribution < -0.4 is 0 Å². The van der Waals surface area contributed by atoms with Gasteiger partial charge in [-0.1, -0.05) is 147 Å². The highest BCUT2D eigenvalue weighted by Gasteiger charge is 2.35. The van der Waals surface area contributed by atoms with Crippen LogP contribution in [0.5, 0.6) is 0 Å². The lowest BCUT2D eigenvalue weighted by Gasteiger charge is -2.35. The lowest BCUT2D eigenvalue weighted by atomic mass is 9.78. The standard InChI is InChI=1S/C60H76N4O4/c1-55(2,3)37-25-35(26-38(29-37)56(4,5)6)49-41-17-21-45(61-41)51(53-65-31-59(13,14)32-66-53)47-23-19-43(63-47)50(36-27-39(57(7,8)9)30-40(28-36)58(10,11)12)44-20-24-48(64-44)52(46-22-18-42(49)62-46)54-67-33-60(15,16)34-68-54/h17-19,21-23,25-30,53-54,62-63H,20,24,31-34H2,1-16H3. The highest BCUT2D eigenvalue weighted by Crippen LogP contribution is 2.43. The van der Waals surface area contributed by atoms with Crippen LogP contribution in [0.1, 0.15) is 180 Å². The van der Waals surface area contributed by atoms with Gasteiger partial charge in [0.25, 0.3) is 0 Å². The SMILES string of the molecule is CC1(C)COC(c2c3nc(c(-c4cc(C(C)(C)C)cc(C(C)(C)C)c4)c4ccc([nH]4)c(C4OCC(C)(C)CO4)c4nc(c(-c5cc(C(C)(C)C)cc(C(C)(C)C)c5)c5ccc2[nH]5)CC4)C=C3)OC1. The normalized spacial score (nSPS) is 18.4. The smallest absolute Gasteiger partial charge is 0.187 e. The number of aromatic nitrogens is 4. The number of benzene rings is 2. The zero-order chi connectivity index (χ0) is 48.9. The largest absolute Gasteiger partial charge is 0.355 e. The number of hydrogen-bond acceptors (Lipinski definition) is 6. The van der Waals surface area contributed by atoms with E-state index in [1.165, 1.54) is 22.3 Å². The van der Waals surface area contributed by atoms with E-state index in [-0.39, 0.29) is 32.5 Å². The van der Waals surface area contributed by atoms with Crippen LogP contribution in [0.4, 0.5) is 0 Å². The molecule has 0 amide bonds. The molecular formula is C60H76N4O4. The lowest BCUT2D eigenvalue weighted by Crippen LogP contribution is -2.34. The number of ether oxygens (including phenoxy) is 4. The van der Waals surface area contributed by atoms with E-state index in [1.54, 1.807) is 0 Å². The van der Waals surface area contributed by atoms with Gasteiger partial charge in [-0.15, -0.1) is 0 Å². The van der Waals surface area contributed by atoms with Crippen molar-refractivity contribution in [3.8, 4) is 22.3 Å². The molecule has 0 radical (unpaired) electrons. The summed E-state index contributed by atoms with van der Waals surface area (Å²) in [7, 11) is 0. The third-order valence-corrected chi connectivity index (χ3v) is 14.0. The first-order chi connectivity index (χ1) is 31.6. The molecule has 8 nitrogen and oxygen atoms in total. The minimum absolute atomic E-state index is 0.0793. The number of nitrogens with zero attached hydrogens (tertiary/aromatic N) is 2. The first kappa shape index (κ1) is 48.2. The van der Waals surface area contributed by atoms with Crippen molar-refractivity contribution in [3.05, 3.63) is 117 Å². The Morgan fingerprint density at radius 1 is 0.441 bits per heavy atom. The fourth-order valence-electron chi connectivity index (χ4n) is 9.65. The monoisotopic (exact) mass is 917 g/mol. The van der Waals surface area contributed by atoms with Crippen molar-refractivity contribution in [2.45, 2.75) is 158 Å². The van der Waals surface area contributed by atoms with Gasteiger partial charge in [-0.05, 0) is 104 Å². The van der Waals surface area contributed by atoms with Crippen molar-refractivity contribution < 1.29 is 18.9 Å². The molecule has 8 heteroatoms. The minimum Gasteiger partial charge on any atom is -0.355 e. The first-order valence-corrected chi connectivity index (χ1v) is 24.9. The van der Waals surface area contributed by atoms with Gasteiger partial charge in [0.15, 0.2) is 12.6 Å². The molecule has 4 aliphatic rings. The van der Waals surface area contributed by atoms with E-state index < -0.39 is 12.6 Å².